The summed E-state index contributed by atoms with van der Waals surface area (Å²) in [5.74, 6) is 0.623. The average Bonchev–Trinajstić information content (AvgIpc) is 2.67. The van der Waals surface area contributed by atoms with Crippen LogP contribution in [-0.4, -0.2) is 0 Å². The van der Waals surface area contributed by atoms with Crippen LogP contribution in [0.4, 0.5) is 5.69 Å². The molecule has 0 amide bonds. The topological polar surface area (TPSA) is 12.0 Å². The molecule has 0 spiro atoms. The maximum Gasteiger partial charge on any atom is 0.0704 e. The molecular weight excluding hydrogens is 338 g/mol. The van der Waals surface area contributed by atoms with Crippen molar-refractivity contribution in [2.75, 3.05) is 5.32 Å². The van der Waals surface area contributed by atoms with Crippen molar-refractivity contribution in [1.82, 2.24) is 0 Å². The Morgan fingerprint density at radius 2 is 1.54 bits per heavy atom. The molecule has 3 aromatic rings. The lowest BCUT2D eigenvalue weighted by Gasteiger charge is -2.28. The highest BCUT2D eigenvalue weighted by atomic mass is 14.9. The molecule has 142 valence electrons. The highest BCUT2D eigenvalue weighted by Crippen LogP contribution is 2.40. The van der Waals surface area contributed by atoms with E-state index in [0.29, 0.717) is 5.92 Å². The highest BCUT2D eigenvalue weighted by molar-refractivity contribution is 5.84. The van der Waals surface area contributed by atoms with Gasteiger partial charge in [-0.15, -0.1) is 0 Å². The standard InChI is InChI=1S/C27H29N/c1-18(2)12-23-17-27(24-14-19(3)13-20(4)15-24)28-26-11-10-22(16-25(23)26)21-8-6-5-7-9-21/h5-11,13-18,27-28H,12H2,1-4H3. The van der Waals surface area contributed by atoms with Gasteiger partial charge in [0.1, 0.15) is 0 Å². The minimum atomic E-state index is 0.224. The van der Waals surface area contributed by atoms with E-state index in [1.54, 1.807) is 0 Å². The molecule has 1 heteroatoms. The van der Waals surface area contributed by atoms with Crippen molar-refractivity contribution in [3.05, 3.63) is 95.1 Å². The molecule has 28 heavy (non-hydrogen) atoms. The van der Waals surface area contributed by atoms with Crippen LogP contribution in [0.15, 0.2) is 72.8 Å². The number of rotatable bonds is 4. The van der Waals surface area contributed by atoms with Crippen LogP contribution in [-0.2, 0) is 0 Å². The number of benzene rings is 3. The molecule has 1 heterocycles. The molecule has 0 aromatic heterocycles. The Hall–Kier alpha value is -2.80. The smallest absolute Gasteiger partial charge is 0.0704 e. The summed E-state index contributed by atoms with van der Waals surface area (Å²) < 4.78 is 0. The number of hydrogen-bond donors (Lipinski definition) is 1. The third-order valence-electron chi connectivity index (χ3n) is 5.38. The number of nitrogens with one attached hydrogen (secondary N) is 1. The first-order valence-electron chi connectivity index (χ1n) is 10.2. The van der Waals surface area contributed by atoms with Gasteiger partial charge < -0.3 is 5.32 Å². The van der Waals surface area contributed by atoms with Crippen LogP contribution < -0.4 is 5.32 Å². The molecule has 1 unspecified atom stereocenters. The first-order chi connectivity index (χ1) is 13.5. The van der Waals surface area contributed by atoms with Gasteiger partial charge in [-0.05, 0) is 60.6 Å². The summed E-state index contributed by atoms with van der Waals surface area (Å²) in [5, 5.41) is 3.77. The van der Waals surface area contributed by atoms with Crippen molar-refractivity contribution >= 4 is 11.3 Å². The molecule has 0 bridgehead atoms. The summed E-state index contributed by atoms with van der Waals surface area (Å²) >= 11 is 0. The van der Waals surface area contributed by atoms with Crippen LogP contribution in [0.3, 0.4) is 0 Å². The summed E-state index contributed by atoms with van der Waals surface area (Å²) in [6.07, 6.45) is 3.53. The molecule has 0 saturated carbocycles. The fourth-order valence-corrected chi connectivity index (χ4v) is 4.23. The number of anilines is 1. The lowest BCUT2D eigenvalue weighted by Crippen LogP contribution is -2.15. The number of allylic oxidation sites excluding steroid dienone is 1. The number of fused-ring (bicyclic) bond motifs is 1. The van der Waals surface area contributed by atoms with Gasteiger partial charge in [0.05, 0.1) is 6.04 Å². The van der Waals surface area contributed by atoms with Crippen molar-refractivity contribution in [3.8, 4) is 11.1 Å². The van der Waals surface area contributed by atoms with Crippen LogP contribution in [0.2, 0.25) is 0 Å². The minimum Gasteiger partial charge on any atom is -0.374 e. The van der Waals surface area contributed by atoms with E-state index in [0.717, 1.165) is 6.42 Å². The van der Waals surface area contributed by atoms with Crippen LogP contribution in [0.25, 0.3) is 16.7 Å². The molecule has 1 atom stereocenters. The van der Waals surface area contributed by atoms with Gasteiger partial charge in [-0.1, -0.05) is 85.6 Å². The van der Waals surface area contributed by atoms with Crippen molar-refractivity contribution in [2.24, 2.45) is 5.92 Å². The lowest BCUT2D eigenvalue weighted by molar-refractivity contribution is 0.670. The van der Waals surface area contributed by atoms with Gasteiger partial charge >= 0.3 is 0 Å². The molecule has 0 radical (unpaired) electrons. The molecule has 3 aromatic carbocycles. The van der Waals surface area contributed by atoms with Crippen molar-refractivity contribution in [3.63, 3.8) is 0 Å². The molecule has 1 aliphatic heterocycles. The summed E-state index contributed by atoms with van der Waals surface area (Å²) in [4.78, 5) is 0. The van der Waals surface area contributed by atoms with E-state index in [-0.39, 0.29) is 6.04 Å². The van der Waals surface area contributed by atoms with Gasteiger partial charge in [0.25, 0.3) is 0 Å². The van der Waals surface area contributed by atoms with Gasteiger partial charge in [0.15, 0.2) is 0 Å². The van der Waals surface area contributed by atoms with Gasteiger partial charge in [-0.25, -0.2) is 0 Å². The average molecular weight is 368 g/mol. The first-order valence-corrected chi connectivity index (χ1v) is 10.2. The number of hydrogen-bond acceptors (Lipinski definition) is 1. The normalized spacial score (nSPS) is 15.8. The highest BCUT2D eigenvalue weighted by Gasteiger charge is 2.21. The van der Waals surface area contributed by atoms with E-state index >= 15 is 0 Å². The maximum absolute atomic E-state index is 3.77. The van der Waals surface area contributed by atoms with Crippen LogP contribution in [0.5, 0.6) is 0 Å². The molecule has 1 aliphatic rings. The van der Waals surface area contributed by atoms with E-state index in [4.69, 9.17) is 0 Å². The Morgan fingerprint density at radius 3 is 2.21 bits per heavy atom. The second-order valence-corrected chi connectivity index (χ2v) is 8.46. The van der Waals surface area contributed by atoms with E-state index in [9.17, 15) is 0 Å². The molecule has 0 saturated heterocycles. The summed E-state index contributed by atoms with van der Waals surface area (Å²) in [5.41, 5.74) is 10.6. The Bertz CT molecular complexity index is 991. The third-order valence-corrected chi connectivity index (χ3v) is 5.38. The molecule has 0 fully saturated rings. The zero-order valence-corrected chi connectivity index (χ0v) is 17.3. The molecule has 0 aliphatic carbocycles. The van der Waals surface area contributed by atoms with Gasteiger partial charge in [-0.3, -0.25) is 0 Å². The zero-order valence-electron chi connectivity index (χ0n) is 17.3. The Kier molecular flexibility index (Phi) is 5.09. The van der Waals surface area contributed by atoms with Crippen molar-refractivity contribution in [1.29, 1.82) is 0 Å². The molecule has 4 rings (SSSR count). The van der Waals surface area contributed by atoms with E-state index in [1.165, 1.54) is 44.6 Å². The fraction of sp³-hybridized carbons (Fsp3) is 0.259. The second-order valence-electron chi connectivity index (χ2n) is 8.46. The maximum atomic E-state index is 3.77. The SMILES string of the molecule is Cc1cc(C)cc(C2C=C(CC(C)C)c3cc(-c4ccccc4)ccc3N2)c1. The van der Waals surface area contributed by atoms with Crippen molar-refractivity contribution < 1.29 is 0 Å². The largest absolute Gasteiger partial charge is 0.374 e. The van der Waals surface area contributed by atoms with E-state index in [1.807, 2.05) is 0 Å². The third kappa shape index (κ3) is 3.89. The van der Waals surface area contributed by atoms with Crippen LogP contribution >= 0.6 is 0 Å². The molecule has 1 nitrogen and oxygen atoms in total. The zero-order chi connectivity index (χ0) is 19.7. The Labute approximate surface area is 169 Å². The van der Waals surface area contributed by atoms with Gasteiger partial charge in [0, 0.05) is 11.3 Å². The Morgan fingerprint density at radius 1 is 0.821 bits per heavy atom. The summed E-state index contributed by atoms with van der Waals surface area (Å²) in [6, 6.07) is 24.6. The molecule has 1 N–H and O–H groups in total. The monoisotopic (exact) mass is 367 g/mol. The summed E-state index contributed by atoms with van der Waals surface area (Å²) in [6.45, 7) is 8.96. The second kappa shape index (κ2) is 7.67. The predicted molar refractivity (Wildman–Crippen MR) is 122 cm³/mol. The van der Waals surface area contributed by atoms with Crippen LogP contribution in [0, 0.1) is 19.8 Å². The predicted octanol–water partition coefficient (Wildman–Crippen LogP) is 7.57. The van der Waals surface area contributed by atoms with E-state index < -0.39 is 0 Å². The van der Waals surface area contributed by atoms with Crippen LogP contribution in [0.1, 0.15) is 48.6 Å². The lowest BCUT2D eigenvalue weighted by atomic mass is 9.86. The Balaban J connectivity index is 1.77. The van der Waals surface area contributed by atoms with Gasteiger partial charge in [-0.2, -0.15) is 0 Å². The quantitative estimate of drug-likeness (QED) is 0.501. The van der Waals surface area contributed by atoms with E-state index in [2.05, 4.69) is 106 Å². The number of aryl methyl sites for hydroxylation is 2. The summed E-state index contributed by atoms with van der Waals surface area (Å²) in [7, 11) is 0. The first kappa shape index (κ1) is 18.6. The van der Waals surface area contributed by atoms with Crippen molar-refractivity contribution in [2.45, 2.75) is 40.2 Å². The van der Waals surface area contributed by atoms with Gasteiger partial charge in [0.2, 0.25) is 0 Å². The minimum absolute atomic E-state index is 0.224. The molecular formula is C27H29N. The fourth-order valence-electron chi connectivity index (χ4n) is 4.23.